The number of nitrogens with zero attached hydrogens (tertiary/aromatic N) is 2. The van der Waals surface area contributed by atoms with Crippen LogP contribution >= 0.6 is 0 Å². The normalized spacial score (nSPS) is 14.5. The number of carbonyl (C=O) groups is 4. The smallest absolute Gasteiger partial charge is 0.348 e. The number of nitriles is 1. The molecule has 0 aromatic heterocycles. The molecule has 0 fully saturated rings. The minimum absolute atomic E-state index is 0.0727. The van der Waals surface area contributed by atoms with Gasteiger partial charge in [0, 0.05) is 0 Å². The molecular formula is C28H28N2O7. The van der Waals surface area contributed by atoms with Gasteiger partial charge in [-0.3, -0.25) is 14.5 Å². The number of amides is 2. The summed E-state index contributed by atoms with van der Waals surface area (Å²) in [7, 11) is 0. The lowest BCUT2D eigenvalue weighted by molar-refractivity contribution is -0.140. The van der Waals surface area contributed by atoms with E-state index in [2.05, 4.69) is 0 Å². The molecule has 0 N–H and O–H groups in total. The van der Waals surface area contributed by atoms with Crippen LogP contribution in [0.4, 0.5) is 0 Å². The van der Waals surface area contributed by atoms with Crippen LogP contribution < -0.4 is 9.47 Å². The third-order valence-electron chi connectivity index (χ3n) is 5.93. The first kappa shape index (κ1) is 27.1. The van der Waals surface area contributed by atoms with Crippen LogP contribution in [0.1, 0.15) is 60.4 Å². The highest BCUT2D eigenvalue weighted by Crippen LogP contribution is 2.33. The van der Waals surface area contributed by atoms with E-state index in [1.54, 1.807) is 57.2 Å². The van der Waals surface area contributed by atoms with Crippen LogP contribution in [0.3, 0.4) is 0 Å². The fraction of sp³-hybridized carbons (Fsp3) is 0.321. The summed E-state index contributed by atoms with van der Waals surface area (Å²) in [4.78, 5) is 52.5. The van der Waals surface area contributed by atoms with Crippen molar-refractivity contribution >= 4 is 29.8 Å². The maximum absolute atomic E-state index is 13.4. The van der Waals surface area contributed by atoms with Crippen LogP contribution in [0, 0.1) is 17.2 Å². The monoisotopic (exact) mass is 504 g/mol. The number of ether oxygens (including phenoxy) is 3. The molecule has 37 heavy (non-hydrogen) atoms. The van der Waals surface area contributed by atoms with Gasteiger partial charge in [-0.15, -0.1) is 0 Å². The Morgan fingerprint density at radius 1 is 1.00 bits per heavy atom. The third kappa shape index (κ3) is 5.70. The number of fused-ring (bicyclic) bond motifs is 1. The van der Waals surface area contributed by atoms with E-state index in [0.717, 1.165) is 4.90 Å². The molecule has 0 saturated heterocycles. The minimum atomic E-state index is -1.15. The fourth-order valence-corrected chi connectivity index (χ4v) is 3.92. The Morgan fingerprint density at radius 3 is 2.19 bits per heavy atom. The molecular weight excluding hydrogens is 476 g/mol. The van der Waals surface area contributed by atoms with Gasteiger partial charge in [0.05, 0.1) is 24.3 Å². The topological polar surface area (TPSA) is 123 Å². The molecule has 3 rings (SSSR count). The van der Waals surface area contributed by atoms with Crippen LogP contribution in [0.5, 0.6) is 11.5 Å². The number of rotatable bonds is 10. The number of imide groups is 1. The van der Waals surface area contributed by atoms with Crippen molar-refractivity contribution in [1.29, 1.82) is 5.26 Å². The highest BCUT2D eigenvalue weighted by molar-refractivity contribution is 6.22. The molecule has 0 bridgehead atoms. The van der Waals surface area contributed by atoms with Crippen molar-refractivity contribution < 1.29 is 33.4 Å². The number of hydrogen-bond acceptors (Lipinski definition) is 8. The van der Waals surface area contributed by atoms with Crippen LogP contribution in [0.25, 0.3) is 6.08 Å². The second-order valence-corrected chi connectivity index (χ2v) is 8.31. The van der Waals surface area contributed by atoms with Gasteiger partial charge in [0.15, 0.2) is 11.5 Å². The highest BCUT2D eigenvalue weighted by atomic mass is 16.6. The van der Waals surface area contributed by atoms with Gasteiger partial charge in [-0.05, 0) is 55.7 Å². The molecule has 9 heteroatoms. The average Bonchev–Trinajstić information content (AvgIpc) is 3.14. The number of benzene rings is 2. The van der Waals surface area contributed by atoms with E-state index in [-0.39, 0.29) is 47.3 Å². The van der Waals surface area contributed by atoms with E-state index in [9.17, 15) is 24.4 Å². The van der Waals surface area contributed by atoms with Gasteiger partial charge in [0.25, 0.3) is 11.8 Å². The lowest BCUT2D eigenvalue weighted by atomic mass is 9.97. The van der Waals surface area contributed by atoms with Gasteiger partial charge in [-0.1, -0.05) is 38.5 Å². The van der Waals surface area contributed by atoms with Crippen LogP contribution in [-0.4, -0.2) is 47.9 Å². The van der Waals surface area contributed by atoms with Gasteiger partial charge in [0.1, 0.15) is 17.7 Å². The molecule has 192 valence electrons. The zero-order chi connectivity index (χ0) is 27.1. The van der Waals surface area contributed by atoms with Crippen molar-refractivity contribution in [3.63, 3.8) is 0 Å². The summed E-state index contributed by atoms with van der Waals surface area (Å²) in [6, 6.07) is 11.6. The van der Waals surface area contributed by atoms with Gasteiger partial charge in [-0.2, -0.15) is 5.26 Å². The predicted octanol–water partition coefficient (Wildman–Crippen LogP) is 4.17. The molecule has 1 heterocycles. The molecule has 0 saturated carbocycles. The van der Waals surface area contributed by atoms with E-state index >= 15 is 0 Å². The average molecular weight is 505 g/mol. The summed E-state index contributed by atoms with van der Waals surface area (Å²) in [5.41, 5.74) is 0.743. The van der Waals surface area contributed by atoms with E-state index in [4.69, 9.17) is 14.2 Å². The van der Waals surface area contributed by atoms with E-state index < -0.39 is 29.8 Å². The fourth-order valence-electron chi connectivity index (χ4n) is 3.92. The zero-order valence-electron chi connectivity index (χ0n) is 21.1. The van der Waals surface area contributed by atoms with E-state index in [1.165, 1.54) is 18.2 Å². The van der Waals surface area contributed by atoms with Gasteiger partial charge >= 0.3 is 11.9 Å². The van der Waals surface area contributed by atoms with E-state index in [0.29, 0.717) is 12.0 Å². The van der Waals surface area contributed by atoms with Crippen molar-refractivity contribution in [3.8, 4) is 17.6 Å². The van der Waals surface area contributed by atoms with Gasteiger partial charge < -0.3 is 14.2 Å². The van der Waals surface area contributed by atoms with Crippen molar-refractivity contribution in [2.75, 3.05) is 13.2 Å². The summed E-state index contributed by atoms with van der Waals surface area (Å²) in [5, 5.41) is 9.30. The summed E-state index contributed by atoms with van der Waals surface area (Å²) < 4.78 is 16.2. The molecule has 2 atom stereocenters. The van der Waals surface area contributed by atoms with Crippen molar-refractivity contribution in [2.24, 2.45) is 5.92 Å². The minimum Gasteiger partial charge on any atom is -0.490 e. The predicted molar refractivity (Wildman–Crippen MR) is 134 cm³/mol. The molecule has 1 aliphatic rings. The molecule has 2 aromatic rings. The Balaban J connectivity index is 1.93. The second kappa shape index (κ2) is 12.0. The maximum Gasteiger partial charge on any atom is 0.348 e. The van der Waals surface area contributed by atoms with Crippen LogP contribution in [0.2, 0.25) is 0 Å². The summed E-state index contributed by atoms with van der Waals surface area (Å²) in [6.45, 7) is 7.37. The number of carbonyl (C=O) groups excluding carboxylic acids is 4. The zero-order valence-corrected chi connectivity index (χ0v) is 21.1. The van der Waals surface area contributed by atoms with Gasteiger partial charge in [0.2, 0.25) is 0 Å². The number of hydrogen-bond donors (Lipinski definition) is 0. The Labute approximate surface area is 215 Å². The first-order chi connectivity index (χ1) is 17.8. The Morgan fingerprint density at radius 2 is 1.65 bits per heavy atom. The largest absolute Gasteiger partial charge is 0.490 e. The summed E-state index contributed by atoms with van der Waals surface area (Å²) in [6.07, 6.45) is 1.85. The Kier molecular flexibility index (Phi) is 8.80. The molecule has 2 aromatic carbocycles. The van der Waals surface area contributed by atoms with E-state index in [1.807, 2.05) is 6.92 Å². The van der Waals surface area contributed by atoms with Crippen LogP contribution in [-0.2, 0) is 14.3 Å². The van der Waals surface area contributed by atoms with Gasteiger partial charge in [-0.25, -0.2) is 9.59 Å². The second-order valence-electron chi connectivity index (χ2n) is 8.31. The molecule has 9 nitrogen and oxygen atoms in total. The lowest BCUT2D eigenvalue weighted by Gasteiger charge is -2.29. The third-order valence-corrected chi connectivity index (χ3v) is 5.93. The first-order valence-corrected chi connectivity index (χ1v) is 12.0. The Hall–Kier alpha value is -4.45. The Bertz CT molecular complexity index is 1260. The summed E-state index contributed by atoms with van der Waals surface area (Å²) in [5.74, 6) is -2.74. The standard InChI is InChI=1S/C28H28N2O7/c1-5-17(4)24(30-25(31)20-10-8-9-11-21(20)26(30)32)28(34)37-22-13-12-18(15-23(22)35-6-2)14-19(16-29)27(33)36-7-3/h8-15,17,24H,5-7H2,1-4H3/b19-14+. The molecule has 0 aliphatic carbocycles. The molecule has 0 spiro atoms. The molecule has 2 unspecified atom stereocenters. The van der Waals surface area contributed by atoms with Crippen LogP contribution in [0.15, 0.2) is 48.0 Å². The SMILES string of the molecule is CCOC(=O)/C(C#N)=C/c1ccc(OC(=O)C(C(C)CC)N2C(=O)c3ccccc3C2=O)c(OCC)c1. The van der Waals surface area contributed by atoms with Crippen molar-refractivity contribution in [1.82, 2.24) is 4.90 Å². The van der Waals surface area contributed by atoms with Crippen molar-refractivity contribution in [3.05, 3.63) is 64.7 Å². The summed E-state index contributed by atoms with van der Waals surface area (Å²) >= 11 is 0. The lowest BCUT2D eigenvalue weighted by Crippen LogP contribution is -2.50. The quantitative estimate of drug-likeness (QED) is 0.155. The first-order valence-electron chi connectivity index (χ1n) is 12.0. The number of esters is 2. The molecule has 2 amide bonds. The van der Waals surface area contributed by atoms with Crippen molar-refractivity contribution in [2.45, 2.75) is 40.2 Å². The maximum atomic E-state index is 13.4. The highest BCUT2D eigenvalue weighted by Gasteiger charge is 2.45. The molecule has 0 radical (unpaired) electrons. The molecule has 1 aliphatic heterocycles.